The van der Waals surface area contributed by atoms with Crippen LogP contribution in [0.2, 0.25) is 0 Å². The number of piperidine rings is 1. The molecule has 0 spiro atoms. The van der Waals surface area contributed by atoms with Crippen molar-refractivity contribution in [2.75, 3.05) is 18.8 Å². The van der Waals surface area contributed by atoms with E-state index < -0.39 is 23.3 Å². The number of aromatic nitrogens is 1. The Kier molecular flexibility index (Phi) is 5.38. The van der Waals surface area contributed by atoms with Gasteiger partial charge >= 0.3 is 12.1 Å². The highest BCUT2D eigenvalue weighted by atomic mass is 32.2. The molecule has 1 aromatic rings. The van der Waals surface area contributed by atoms with E-state index in [9.17, 15) is 27.9 Å². The molecule has 132 valence electrons. The van der Waals surface area contributed by atoms with Gasteiger partial charge in [-0.15, -0.1) is 0 Å². The first-order chi connectivity index (χ1) is 11.1. The molecule has 2 N–H and O–H groups in total. The topological polar surface area (TPSA) is 90.7 Å². The number of carbonyl (C=O) groups is 2. The number of pyridine rings is 1. The molecular formula is C14H15F3N2O4S. The Labute approximate surface area is 139 Å². The van der Waals surface area contributed by atoms with E-state index in [1.165, 1.54) is 11.0 Å². The predicted molar refractivity (Wildman–Crippen MR) is 78.4 cm³/mol. The van der Waals surface area contributed by atoms with Crippen molar-refractivity contribution in [2.45, 2.75) is 29.6 Å². The van der Waals surface area contributed by atoms with Crippen molar-refractivity contribution in [2.24, 2.45) is 0 Å². The van der Waals surface area contributed by atoms with E-state index >= 15 is 0 Å². The van der Waals surface area contributed by atoms with E-state index in [2.05, 4.69) is 4.98 Å². The van der Waals surface area contributed by atoms with Crippen molar-refractivity contribution in [3.05, 3.63) is 23.9 Å². The van der Waals surface area contributed by atoms with Crippen molar-refractivity contribution >= 4 is 23.6 Å². The number of carboxylic acids is 1. The highest BCUT2D eigenvalue weighted by molar-refractivity contribution is 7.99. The second-order valence-corrected chi connectivity index (χ2v) is 6.38. The zero-order valence-electron chi connectivity index (χ0n) is 12.4. The van der Waals surface area contributed by atoms with Crippen LogP contribution in [0.25, 0.3) is 0 Å². The summed E-state index contributed by atoms with van der Waals surface area (Å²) in [6.45, 7) is 0.227. The van der Waals surface area contributed by atoms with Crippen LogP contribution in [0, 0.1) is 0 Å². The molecule has 0 bridgehead atoms. The summed E-state index contributed by atoms with van der Waals surface area (Å²) in [5.74, 6) is -1.61. The number of carboxylic acid groups (broad SMARTS) is 1. The van der Waals surface area contributed by atoms with Crippen molar-refractivity contribution in [1.82, 2.24) is 9.88 Å². The Morgan fingerprint density at radius 2 is 1.92 bits per heavy atom. The molecule has 1 aromatic heterocycles. The second kappa shape index (κ2) is 6.98. The molecule has 10 heteroatoms. The number of amides is 1. The molecule has 2 heterocycles. The summed E-state index contributed by atoms with van der Waals surface area (Å²) in [6.07, 6.45) is -3.87. The zero-order valence-corrected chi connectivity index (χ0v) is 13.2. The predicted octanol–water partition coefficient (Wildman–Crippen LogP) is 1.63. The smallest absolute Gasteiger partial charge is 0.417 e. The summed E-state index contributed by atoms with van der Waals surface area (Å²) in [5.41, 5.74) is -2.67. The van der Waals surface area contributed by atoms with E-state index in [0.29, 0.717) is 6.20 Å². The maximum atomic E-state index is 12.4. The fourth-order valence-electron chi connectivity index (χ4n) is 2.20. The van der Waals surface area contributed by atoms with Crippen LogP contribution in [-0.4, -0.2) is 56.4 Å². The van der Waals surface area contributed by atoms with E-state index in [4.69, 9.17) is 5.11 Å². The zero-order chi connectivity index (χ0) is 18.0. The van der Waals surface area contributed by atoms with Gasteiger partial charge in [0.2, 0.25) is 5.91 Å². The molecule has 6 nitrogen and oxygen atoms in total. The molecule has 0 atom stereocenters. The molecule has 0 unspecified atom stereocenters. The second-order valence-electron chi connectivity index (χ2n) is 5.39. The number of halogens is 3. The minimum Gasteiger partial charge on any atom is -0.479 e. The lowest BCUT2D eigenvalue weighted by Gasteiger charge is -2.35. The van der Waals surface area contributed by atoms with Gasteiger partial charge in [0.05, 0.1) is 16.3 Å². The summed E-state index contributed by atoms with van der Waals surface area (Å²) in [5, 5.41) is 19.0. The van der Waals surface area contributed by atoms with Crippen molar-refractivity contribution in [3.8, 4) is 0 Å². The number of rotatable bonds is 4. The van der Waals surface area contributed by atoms with Crippen LogP contribution in [0.15, 0.2) is 23.4 Å². The first-order valence-electron chi connectivity index (χ1n) is 7.01. The van der Waals surface area contributed by atoms with E-state index in [0.717, 1.165) is 17.8 Å². The largest absolute Gasteiger partial charge is 0.479 e. The number of alkyl halides is 3. The molecule has 1 aliphatic rings. The van der Waals surface area contributed by atoms with Crippen LogP contribution in [-0.2, 0) is 15.8 Å². The molecule has 0 aliphatic carbocycles. The quantitative estimate of drug-likeness (QED) is 0.790. The van der Waals surface area contributed by atoms with Crippen LogP contribution < -0.4 is 0 Å². The molecule has 0 radical (unpaired) electrons. The standard InChI is InChI=1S/C14H15F3N2O4S/c15-14(16,17)9-1-2-10(18-7-9)24-8-11(20)19-5-3-13(23,4-6-19)12(21)22/h1-2,7,23H,3-6,8H2,(H,21,22). The lowest BCUT2D eigenvalue weighted by molar-refractivity contribution is -0.165. The normalized spacial score (nSPS) is 17.6. The van der Waals surface area contributed by atoms with Gasteiger partial charge < -0.3 is 15.1 Å². The Balaban J connectivity index is 1.85. The van der Waals surface area contributed by atoms with Crippen LogP contribution in [0.1, 0.15) is 18.4 Å². The van der Waals surface area contributed by atoms with Gasteiger partial charge in [0.15, 0.2) is 5.60 Å². The van der Waals surface area contributed by atoms with Gasteiger partial charge in [-0.05, 0) is 12.1 Å². The number of carbonyl (C=O) groups excluding carboxylic acids is 1. The van der Waals surface area contributed by atoms with E-state index in [-0.39, 0.29) is 42.6 Å². The fourth-order valence-corrected chi connectivity index (χ4v) is 2.95. The Morgan fingerprint density at radius 3 is 2.38 bits per heavy atom. The summed E-state index contributed by atoms with van der Waals surface area (Å²) in [6, 6.07) is 2.09. The molecule has 1 saturated heterocycles. The van der Waals surface area contributed by atoms with Gasteiger partial charge in [0.1, 0.15) is 0 Å². The molecular weight excluding hydrogens is 349 g/mol. The first-order valence-corrected chi connectivity index (χ1v) is 8.00. The van der Waals surface area contributed by atoms with Crippen LogP contribution in [0.4, 0.5) is 13.2 Å². The maximum Gasteiger partial charge on any atom is 0.417 e. The summed E-state index contributed by atoms with van der Waals surface area (Å²) < 4.78 is 37.3. The highest BCUT2D eigenvalue weighted by Crippen LogP contribution is 2.29. The summed E-state index contributed by atoms with van der Waals surface area (Å²) >= 11 is 0.999. The number of thioether (sulfide) groups is 1. The van der Waals surface area contributed by atoms with E-state index in [1.807, 2.05) is 0 Å². The van der Waals surface area contributed by atoms with Gasteiger partial charge in [-0.1, -0.05) is 11.8 Å². The lowest BCUT2D eigenvalue weighted by atomic mass is 9.92. The third-order valence-corrected chi connectivity index (χ3v) is 4.68. The molecule has 0 saturated carbocycles. The van der Waals surface area contributed by atoms with Crippen molar-refractivity contribution in [3.63, 3.8) is 0 Å². The first kappa shape index (κ1) is 18.5. The van der Waals surface area contributed by atoms with Crippen molar-refractivity contribution < 1.29 is 33.0 Å². The minimum atomic E-state index is -4.46. The summed E-state index contributed by atoms with van der Waals surface area (Å²) in [7, 11) is 0. The lowest BCUT2D eigenvalue weighted by Crippen LogP contribution is -2.51. The van der Waals surface area contributed by atoms with Crippen molar-refractivity contribution in [1.29, 1.82) is 0 Å². The monoisotopic (exact) mass is 364 g/mol. The number of hydrogen-bond donors (Lipinski definition) is 2. The molecule has 2 rings (SSSR count). The van der Waals surface area contributed by atoms with Crippen LogP contribution in [0.5, 0.6) is 0 Å². The molecule has 24 heavy (non-hydrogen) atoms. The number of aliphatic hydroxyl groups is 1. The molecule has 1 amide bonds. The average molecular weight is 364 g/mol. The number of hydrogen-bond acceptors (Lipinski definition) is 5. The number of nitrogens with zero attached hydrogens (tertiary/aromatic N) is 2. The van der Waals surface area contributed by atoms with Crippen LogP contribution >= 0.6 is 11.8 Å². The Hall–Kier alpha value is -1.81. The Bertz CT molecular complexity index is 613. The molecule has 1 fully saturated rings. The van der Waals surface area contributed by atoms with Gasteiger partial charge in [-0.25, -0.2) is 9.78 Å². The van der Waals surface area contributed by atoms with Crippen LogP contribution in [0.3, 0.4) is 0 Å². The molecule has 1 aliphatic heterocycles. The Morgan fingerprint density at radius 1 is 1.29 bits per heavy atom. The maximum absolute atomic E-state index is 12.4. The summed E-state index contributed by atoms with van der Waals surface area (Å²) in [4.78, 5) is 28.1. The van der Waals surface area contributed by atoms with Gasteiger partial charge in [0, 0.05) is 32.1 Å². The SMILES string of the molecule is O=C(CSc1ccc(C(F)(F)F)cn1)N1CCC(O)(C(=O)O)CC1. The van der Waals surface area contributed by atoms with E-state index in [1.54, 1.807) is 0 Å². The van der Waals surface area contributed by atoms with Gasteiger partial charge in [0.25, 0.3) is 0 Å². The third-order valence-electron chi connectivity index (χ3n) is 3.75. The highest BCUT2D eigenvalue weighted by Gasteiger charge is 2.40. The average Bonchev–Trinajstić information content (AvgIpc) is 2.52. The number of aliphatic carboxylic acids is 1. The third kappa shape index (κ3) is 4.38. The van der Waals surface area contributed by atoms with Gasteiger partial charge in [-0.3, -0.25) is 4.79 Å². The van der Waals surface area contributed by atoms with Gasteiger partial charge in [-0.2, -0.15) is 13.2 Å². The molecule has 0 aromatic carbocycles. The fraction of sp³-hybridized carbons (Fsp3) is 0.500. The number of likely N-dealkylation sites (tertiary alicyclic amines) is 1. The minimum absolute atomic E-state index is 0.0239.